The first-order valence-corrected chi connectivity index (χ1v) is 9.12. The lowest BCUT2D eigenvalue weighted by atomic mass is 10.1. The van der Waals surface area contributed by atoms with Crippen LogP contribution in [0.5, 0.6) is 0 Å². The molecule has 22 heavy (non-hydrogen) atoms. The number of thioether (sulfide) groups is 1. The van der Waals surface area contributed by atoms with Gasteiger partial charge in [0.2, 0.25) is 0 Å². The van der Waals surface area contributed by atoms with E-state index in [1.165, 1.54) is 11.3 Å². The van der Waals surface area contributed by atoms with E-state index in [9.17, 15) is 10.1 Å². The lowest BCUT2D eigenvalue weighted by Gasteiger charge is -2.08. The van der Waals surface area contributed by atoms with Crippen molar-refractivity contribution >= 4 is 28.9 Å². The summed E-state index contributed by atoms with van der Waals surface area (Å²) < 4.78 is 0. The van der Waals surface area contributed by atoms with Crippen LogP contribution in [0, 0.1) is 18.3 Å². The van der Waals surface area contributed by atoms with Crippen LogP contribution < -0.4 is 0 Å². The second-order valence-electron chi connectivity index (χ2n) is 4.92. The molecule has 0 bridgehead atoms. The zero-order chi connectivity index (χ0) is 15.9. The van der Waals surface area contributed by atoms with Gasteiger partial charge in [-0.2, -0.15) is 5.26 Å². The number of thiophene rings is 1. The average Bonchev–Trinajstić information content (AvgIpc) is 3.06. The fraction of sp³-hybridized carbons (Fsp3) is 0.353. The molecule has 0 N–H and O–H groups in total. The van der Waals surface area contributed by atoms with Crippen molar-refractivity contribution in [2.75, 3.05) is 5.75 Å². The minimum atomic E-state index is 0.196. The van der Waals surface area contributed by atoms with Gasteiger partial charge in [0.1, 0.15) is 11.1 Å². The monoisotopic (exact) mass is 330 g/mol. The summed E-state index contributed by atoms with van der Waals surface area (Å²) >= 11 is 3.05. The van der Waals surface area contributed by atoms with Crippen LogP contribution in [-0.2, 0) is 6.42 Å². The highest BCUT2D eigenvalue weighted by Crippen LogP contribution is 2.24. The number of aromatic nitrogens is 1. The summed E-state index contributed by atoms with van der Waals surface area (Å²) in [7, 11) is 0. The lowest BCUT2D eigenvalue weighted by Crippen LogP contribution is -1.99. The van der Waals surface area contributed by atoms with Crippen LogP contribution in [-0.4, -0.2) is 16.5 Å². The molecule has 0 unspecified atom stereocenters. The van der Waals surface area contributed by atoms with E-state index in [0.29, 0.717) is 12.0 Å². The maximum Gasteiger partial charge on any atom is 0.172 e. The van der Waals surface area contributed by atoms with Gasteiger partial charge in [0.25, 0.3) is 0 Å². The largest absolute Gasteiger partial charge is 0.293 e. The Hall–Kier alpha value is -1.64. The van der Waals surface area contributed by atoms with Crippen molar-refractivity contribution in [3.8, 4) is 6.07 Å². The van der Waals surface area contributed by atoms with Crippen molar-refractivity contribution in [3.05, 3.63) is 45.3 Å². The van der Waals surface area contributed by atoms with Crippen LogP contribution in [0.3, 0.4) is 0 Å². The minimum Gasteiger partial charge on any atom is -0.293 e. The number of aryl methyl sites for hydroxylation is 2. The van der Waals surface area contributed by atoms with Crippen molar-refractivity contribution in [2.24, 2.45) is 0 Å². The highest BCUT2D eigenvalue weighted by molar-refractivity contribution is 7.99. The molecule has 0 aliphatic heterocycles. The summed E-state index contributed by atoms with van der Waals surface area (Å²) in [5.74, 6) is 0.993. The molecule has 2 rings (SSSR count). The predicted molar refractivity (Wildman–Crippen MR) is 91.7 cm³/mol. The molecule has 0 atom stereocenters. The van der Waals surface area contributed by atoms with Crippen molar-refractivity contribution in [1.82, 2.24) is 4.98 Å². The van der Waals surface area contributed by atoms with E-state index in [1.54, 1.807) is 11.8 Å². The van der Waals surface area contributed by atoms with Crippen LogP contribution in [0.4, 0.5) is 0 Å². The van der Waals surface area contributed by atoms with Gasteiger partial charge in [-0.15, -0.1) is 23.1 Å². The van der Waals surface area contributed by atoms with Gasteiger partial charge in [-0.1, -0.05) is 13.0 Å². The van der Waals surface area contributed by atoms with Crippen LogP contribution in [0.15, 0.2) is 28.6 Å². The van der Waals surface area contributed by atoms with Crippen LogP contribution in [0.2, 0.25) is 0 Å². The van der Waals surface area contributed by atoms with Crippen LogP contribution >= 0.6 is 23.1 Å². The van der Waals surface area contributed by atoms with Gasteiger partial charge in [-0.25, -0.2) is 4.98 Å². The van der Waals surface area contributed by atoms with Gasteiger partial charge < -0.3 is 0 Å². The molecule has 0 saturated heterocycles. The molecule has 5 heteroatoms. The van der Waals surface area contributed by atoms with Crippen molar-refractivity contribution < 1.29 is 4.79 Å². The molecule has 0 spiro atoms. The molecule has 0 amide bonds. The maximum absolute atomic E-state index is 11.9. The Morgan fingerprint density at radius 2 is 2.32 bits per heavy atom. The van der Waals surface area contributed by atoms with Crippen molar-refractivity contribution in [3.63, 3.8) is 0 Å². The van der Waals surface area contributed by atoms with Gasteiger partial charge in [0.05, 0.1) is 10.4 Å². The quantitative estimate of drug-likeness (QED) is 0.421. The summed E-state index contributed by atoms with van der Waals surface area (Å²) in [4.78, 5) is 17.3. The molecular formula is C17H18N2OS2. The Morgan fingerprint density at radius 1 is 1.50 bits per heavy atom. The summed E-state index contributed by atoms with van der Waals surface area (Å²) in [5, 5.41) is 11.9. The molecule has 0 aromatic carbocycles. The summed E-state index contributed by atoms with van der Waals surface area (Å²) in [5.41, 5.74) is 2.73. The highest BCUT2D eigenvalue weighted by Gasteiger charge is 2.10. The Balaban J connectivity index is 1.91. The Labute approximate surface area is 139 Å². The molecule has 3 nitrogen and oxygen atoms in total. The molecular weight excluding hydrogens is 312 g/mol. The summed E-state index contributed by atoms with van der Waals surface area (Å²) in [6, 6.07) is 7.88. The normalized spacial score (nSPS) is 10.4. The van der Waals surface area contributed by atoms with Gasteiger partial charge >= 0.3 is 0 Å². The smallest absolute Gasteiger partial charge is 0.172 e. The second kappa shape index (κ2) is 8.11. The number of pyridine rings is 1. The highest BCUT2D eigenvalue weighted by atomic mass is 32.2. The number of Topliss-reactive ketones (excluding diaryl/α,β-unsaturated/α-hetero) is 1. The second-order valence-corrected chi connectivity index (χ2v) is 6.95. The third kappa shape index (κ3) is 4.19. The molecule has 0 fully saturated rings. The van der Waals surface area contributed by atoms with Crippen molar-refractivity contribution in [1.29, 1.82) is 5.26 Å². The first-order chi connectivity index (χ1) is 10.7. The first-order valence-electron chi connectivity index (χ1n) is 7.25. The number of hydrogen-bond acceptors (Lipinski definition) is 5. The third-order valence-electron chi connectivity index (χ3n) is 3.32. The Bertz CT molecular complexity index is 687. The van der Waals surface area contributed by atoms with E-state index in [-0.39, 0.29) is 5.78 Å². The SMILES string of the molecule is CCc1nc(SCCCC(=O)c2cccs2)c(C#N)cc1C. The number of rotatable bonds is 7. The van der Waals surface area contributed by atoms with Crippen molar-refractivity contribution in [2.45, 2.75) is 38.1 Å². The molecule has 2 aromatic rings. The number of carbonyl (C=O) groups excluding carboxylic acids is 1. The molecule has 2 heterocycles. The zero-order valence-corrected chi connectivity index (χ0v) is 14.4. The number of hydrogen-bond donors (Lipinski definition) is 0. The van der Waals surface area contributed by atoms with E-state index in [4.69, 9.17) is 0 Å². The number of nitriles is 1. The van der Waals surface area contributed by atoms with E-state index < -0.39 is 0 Å². The first kappa shape index (κ1) is 16.7. The number of carbonyl (C=O) groups is 1. The zero-order valence-electron chi connectivity index (χ0n) is 12.8. The summed E-state index contributed by atoms with van der Waals surface area (Å²) in [6.45, 7) is 4.05. The fourth-order valence-electron chi connectivity index (χ4n) is 2.14. The van der Waals surface area contributed by atoms with Gasteiger partial charge in [0.15, 0.2) is 5.78 Å². The fourth-order valence-corrected chi connectivity index (χ4v) is 3.75. The maximum atomic E-state index is 11.9. The van der Waals surface area contributed by atoms with Crippen LogP contribution in [0.25, 0.3) is 0 Å². The molecule has 2 aromatic heterocycles. The lowest BCUT2D eigenvalue weighted by molar-refractivity contribution is 0.0986. The third-order valence-corrected chi connectivity index (χ3v) is 5.31. The summed E-state index contributed by atoms with van der Waals surface area (Å²) in [6.07, 6.45) is 2.20. The van der Waals surface area contributed by atoms with E-state index in [0.717, 1.165) is 39.8 Å². The van der Waals surface area contributed by atoms with Gasteiger partial charge in [0, 0.05) is 12.1 Å². The number of nitrogens with zero attached hydrogens (tertiary/aromatic N) is 2. The Kier molecular flexibility index (Phi) is 6.17. The molecule has 0 saturated carbocycles. The molecule has 0 aliphatic rings. The topological polar surface area (TPSA) is 53.8 Å². The predicted octanol–water partition coefficient (Wildman–Crippen LogP) is 4.64. The minimum absolute atomic E-state index is 0.196. The average molecular weight is 330 g/mol. The number of ketones is 1. The molecule has 0 aliphatic carbocycles. The van der Waals surface area contributed by atoms with Gasteiger partial charge in [-0.05, 0) is 48.6 Å². The van der Waals surface area contributed by atoms with E-state index in [1.807, 2.05) is 30.5 Å². The van der Waals surface area contributed by atoms with Gasteiger partial charge in [-0.3, -0.25) is 4.79 Å². The molecule has 0 radical (unpaired) electrons. The van der Waals surface area contributed by atoms with Crippen LogP contribution in [0.1, 0.15) is 46.3 Å². The van der Waals surface area contributed by atoms with E-state index in [2.05, 4.69) is 18.0 Å². The molecule has 114 valence electrons. The van der Waals surface area contributed by atoms with E-state index >= 15 is 0 Å². The Morgan fingerprint density at radius 3 is 2.95 bits per heavy atom. The standard InChI is InChI=1S/C17H18N2OS2/c1-3-14-12(2)10-13(11-18)17(19-14)22-9-4-6-15(20)16-7-5-8-21-16/h5,7-8,10H,3-4,6,9H2,1-2H3.